The summed E-state index contributed by atoms with van der Waals surface area (Å²) in [4.78, 5) is 21.6. The molecule has 4 aromatic rings. The molecule has 1 fully saturated rings. The fourth-order valence-electron chi connectivity index (χ4n) is 4.07. The molecule has 32 heavy (non-hydrogen) atoms. The van der Waals surface area contributed by atoms with Crippen molar-refractivity contribution >= 4 is 33.1 Å². The minimum Gasteiger partial charge on any atom is -0.347 e. The van der Waals surface area contributed by atoms with Crippen molar-refractivity contribution in [3.63, 3.8) is 0 Å². The van der Waals surface area contributed by atoms with Gasteiger partial charge in [-0.3, -0.25) is 4.79 Å². The van der Waals surface area contributed by atoms with Crippen molar-refractivity contribution < 1.29 is 4.79 Å². The molecule has 1 aliphatic rings. The molecule has 0 radical (unpaired) electrons. The summed E-state index contributed by atoms with van der Waals surface area (Å²) in [6, 6.07) is 22.8. The van der Waals surface area contributed by atoms with Crippen molar-refractivity contribution in [3.8, 4) is 11.3 Å². The van der Waals surface area contributed by atoms with Crippen LogP contribution in [0.3, 0.4) is 0 Å². The Bertz CT molecular complexity index is 1230. The maximum Gasteiger partial charge on any atom is 0.253 e. The van der Waals surface area contributed by atoms with Crippen LogP contribution >= 0.6 is 11.3 Å². The van der Waals surface area contributed by atoms with E-state index >= 15 is 0 Å². The molecular weight excluding hydrogens is 416 g/mol. The van der Waals surface area contributed by atoms with Crippen LogP contribution in [0.2, 0.25) is 0 Å². The third-order valence-corrected chi connectivity index (χ3v) is 6.84. The average Bonchev–Trinajstić information content (AvgIpc) is 3.35. The number of nitrogens with one attached hydrogen (secondary N) is 1. The van der Waals surface area contributed by atoms with Crippen molar-refractivity contribution in [1.29, 1.82) is 0 Å². The zero-order valence-corrected chi connectivity index (χ0v) is 18.9. The van der Waals surface area contributed by atoms with E-state index < -0.39 is 0 Å². The molecule has 6 heteroatoms. The number of nitrogens with zero attached hydrogens (tertiary/aromatic N) is 3. The van der Waals surface area contributed by atoms with Crippen LogP contribution in [0.4, 0.5) is 5.13 Å². The summed E-state index contributed by atoms with van der Waals surface area (Å²) in [5.74, 6) is 0.117. The van der Waals surface area contributed by atoms with Gasteiger partial charge in [-0.05, 0) is 34.5 Å². The van der Waals surface area contributed by atoms with Gasteiger partial charge < -0.3 is 15.1 Å². The lowest BCUT2D eigenvalue weighted by atomic mass is 10.1. The first-order valence-electron chi connectivity index (χ1n) is 10.9. The number of carbonyl (C=O) groups is 1. The molecule has 5 rings (SSSR count). The number of aromatic nitrogens is 1. The minimum atomic E-state index is 0.117. The molecule has 0 unspecified atom stereocenters. The minimum absolute atomic E-state index is 0.117. The van der Waals surface area contributed by atoms with Crippen LogP contribution in [0.25, 0.3) is 22.0 Å². The SMILES string of the molecule is CN(Cc1ccc(C(=O)N2CCNCC2)cc1)c1nc(-c2ccc3ccccc3c2)cs1. The number of hydrogen-bond donors (Lipinski definition) is 1. The Labute approximate surface area is 192 Å². The number of hydrogen-bond acceptors (Lipinski definition) is 5. The zero-order valence-electron chi connectivity index (χ0n) is 18.1. The predicted molar refractivity (Wildman–Crippen MR) is 132 cm³/mol. The van der Waals surface area contributed by atoms with Gasteiger partial charge in [0.25, 0.3) is 5.91 Å². The molecule has 5 nitrogen and oxygen atoms in total. The van der Waals surface area contributed by atoms with Gasteiger partial charge in [-0.25, -0.2) is 4.98 Å². The topological polar surface area (TPSA) is 48.5 Å². The normalized spacial score (nSPS) is 14.0. The molecule has 1 aromatic heterocycles. The summed E-state index contributed by atoms with van der Waals surface area (Å²) < 4.78 is 0. The van der Waals surface area contributed by atoms with E-state index in [0.717, 1.165) is 60.2 Å². The van der Waals surface area contributed by atoms with Crippen molar-refractivity contribution in [1.82, 2.24) is 15.2 Å². The third kappa shape index (κ3) is 4.38. The lowest BCUT2D eigenvalue weighted by molar-refractivity contribution is 0.0736. The number of amides is 1. The number of carbonyl (C=O) groups excluding carboxylic acids is 1. The van der Waals surface area contributed by atoms with Crippen LogP contribution in [-0.4, -0.2) is 49.0 Å². The molecule has 2 heterocycles. The maximum atomic E-state index is 12.7. The van der Waals surface area contributed by atoms with Gasteiger partial charge in [-0.15, -0.1) is 11.3 Å². The van der Waals surface area contributed by atoms with E-state index in [2.05, 4.69) is 65.1 Å². The Hall–Kier alpha value is -3.22. The Balaban J connectivity index is 1.26. The summed E-state index contributed by atoms with van der Waals surface area (Å²) >= 11 is 1.65. The molecule has 1 amide bonds. The van der Waals surface area contributed by atoms with Gasteiger partial charge in [-0.2, -0.15) is 0 Å². The van der Waals surface area contributed by atoms with Crippen LogP contribution < -0.4 is 10.2 Å². The van der Waals surface area contributed by atoms with Gasteiger partial charge in [-0.1, -0.05) is 48.5 Å². The quantitative estimate of drug-likeness (QED) is 0.489. The predicted octanol–water partition coefficient (Wildman–Crippen LogP) is 4.65. The lowest BCUT2D eigenvalue weighted by Crippen LogP contribution is -2.46. The summed E-state index contributed by atoms with van der Waals surface area (Å²) in [6.45, 7) is 4.01. The van der Waals surface area contributed by atoms with Gasteiger partial charge in [0.2, 0.25) is 0 Å². The van der Waals surface area contributed by atoms with Gasteiger partial charge in [0.05, 0.1) is 5.69 Å². The number of anilines is 1. The average molecular weight is 443 g/mol. The van der Waals surface area contributed by atoms with Gasteiger partial charge in [0.15, 0.2) is 5.13 Å². The highest BCUT2D eigenvalue weighted by Crippen LogP contribution is 2.29. The van der Waals surface area contributed by atoms with Crippen molar-refractivity contribution in [3.05, 3.63) is 83.2 Å². The highest BCUT2D eigenvalue weighted by Gasteiger charge is 2.18. The van der Waals surface area contributed by atoms with Crippen molar-refractivity contribution in [2.45, 2.75) is 6.54 Å². The van der Waals surface area contributed by atoms with Crippen LogP contribution in [0.15, 0.2) is 72.1 Å². The second kappa shape index (κ2) is 9.10. The first-order chi connectivity index (χ1) is 15.7. The van der Waals surface area contributed by atoms with Crippen LogP contribution in [-0.2, 0) is 6.54 Å². The molecule has 0 saturated carbocycles. The molecule has 1 saturated heterocycles. The van der Waals surface area contributed by atoms with E-state index in [-0.39, 0.29) is 5.91 Å². The third-order valence-electron chi connectivity index (χ3n) is 5.89. The molecular formula is C26H26N4OS. The maximum absolute atomic E-state index is 12.7. The number of piperazine rings is 1. The first-order valence-corrected chi connectivity index (χ1v) is 11.8. The molecule has 0 aliphatic carbocycles. The number of fused-ring (bicyclic) bond motifs is 1. The molecule has 1 N–H and O–H groups in total. The second-order valence-corrected chi connectivity index (χ2v) is 9.01. The fraction of sp³-hybridized carbons (Fsp3) is 0.231. The molecule has 3 aromatic carbocycles. The van der Waals surface area contributed by atoms with Crippen molar-refractivity contribution in [2.75, 3.05) is 38.1 Å². The van der Waals surface area contributed by atoms with Gasteiger partial charge >= 0.3 is 0 Å². The summed E-state index contributed by atoms with van der Waals surface area (Å²) in [6.07, 6.45) is 0. The van der Waals surface area contributed by atoms with E-state index in [4.69, 9.17) is 4.98 Å². The first kappa shape index (κ1) is 20.7. The zero-order chi connectivity index (χ0) is 21.9. The Morgan fingerprint density at radius 2 is 1.78 bits per heavy atom. The Kier molecular flexibility index (Phi) is 5.88. The lowest BCUT2D eigenvalue weighted by Gasteiger charge is -2.27. The van der Waals surface area contributed by atoms with Crippen molar-refractivity contribution in [2.24, 2.45) is 0 Å². The molecule has 162 valence electrons. The Morgan fingerprint density at radius 3 is 2.56 bits per heavy atom. The highest BCUT2D eigenvalue weighted by atomic mass is 32.1. The van der Waals surface area contributed by atoms with Crippen LogP contribution in [0, 0.1) is 0 Å². The monoisotopic (exact) mass is 442 g/mol. The van der Waals surface area contributed by atoms with Crippen LogP contribution in [0.5, 0.6) is 0 Å². The number of benzene rings is 3. The van der Waals surface area contributed by atoms with E-state index in [1.165, 1.54) is 10.8 Å². The summed E-state index contributed by atoms with van der Waals surface area (Å²) in [5, 5.41) is 8.84. The highest BCUT2D eigenvalue weighted by molar-refractivity contribution is 7.14. The van der Waals surface area contributed by atoms with Gasteiger partial charge in [0, 0.05) is 56.3 Å². The second-order valence-electron chi connectivity index (χ2n) is 8.17. The van der Waals surface area contributed by atoms with E-state index in [9.17, 15) is 4.79 Å². The number of thiazole rings is 1. The Morgan fingerprint density at radius 1 is 1.03 bits per heavy atom. The summed E-state index contributed by atoms with van der Waals surface area (Å²) in [5.41, 5.74) is 4.05. The standard InChI is InChI=1S/C26H26N4OS/c1-29(17-19-6-8-21(9-7-19)25(31)30-14-12-27-13-15-30)26-28-24(18-32-26)23-11-10-20-4-2-3-5-22(20)16-23/h2-11,16,18,27H,12-15,17H2,1H3. The van der Waals surface area contributed by atoms with Gasteiger partial charge in [0.1, 0.15) is 0 Å². The smallest absolute Gasteiger partial charge is 0.253 e. The largest absolute Gasteiger partial charge is 0.347 e. The fourth-order valence-corrected chi connectivity index (χ4v) is 4.87. The molecule has 0 bridgehead atoms. The van der Waals surface area contributed by atoms with E-state index in [1.807, 2.05) is 29.2 Å². The van der Waals surface area contributed by atoms with Crippen LogP contribution in [0.1, 0.15) is 15.9 Å². The van der Waals surface area contributed by atoms with E-state index in [0.29, 0.717) is 0 Å². The number of rotatable bonds is 5. The molecule has 0 spiro atoms. The molecule has 1 aliphatic heterocycles. The molecule has 0 atom stereocenters. The summed E-state index contributed by atoms with van der Waals surface area (Å²) in [7, 11) is 2.06. The van der Waals surface area contributed by atoms with E-state index in [1.54, 1.807) is 11.3 Å².